The quantitative estimate of drug-likeness (QED) is 0.731. The monoisotopic (exact) mass is 345 g/mol. The molecule has 8 nitrogen and oxygen atoms in total. The first-order valence-electron chi connectivity index (χ1n) is 7.81. The van der Waals surface area contributed by atoms with Crippen LogP contribution in [0.15, 0.2) is 17.3 Å². The molecule has 1 aromatic heterocycles. The van der Waals surface area contributed by atoms with Crippen LogP contribution in [0.2, 0.25) is 0 Å². The minimum atomic E-state index is -3.90. The van der Waals surface area contributed by atoms with E-state index in [1.807, 2.05) is 6.92 Å². The number of aromatic nitrogens is 2. The molecule has 0 aliphatic carbocycles. The van der Waals surface area contributed by atoms with Gasteiger partial charge in [-0.1, -0.05) is 19.8 Å². The van der Waals surface area contributed by atoms with Gasteiger partial charge in [0.1, 0.15) is 10.9 Å². The third-order valence-electron chi connectivity index (χ3n) is 3.89. The van der Waals surface area contributed by atoms with E-state index >= 15 is 0 Å². The molecule has 0 bridgehead atoms. The number of hydrogen-bond donors (Lipinski definition) is 2. The molecular weight excluding hydrogens is 322 g/mol. The van der Waals surface area contributed by atoms with Gasteiger partial charge in [-0.05, 0) is 19.3 Å². The van der Waals surface area contributed by atoms with Crippen LogP contribution in [0.1, 0.15) is 45.1 Å². The van der Waals surface area contributed by atoms with E-state index < -0.39 is 22.0 Å². The predicted octanol–water partition coefficient (Wildman–Crippen LogP) is 1.16. The van der Waals surface area contributed by atoms with Crippen LogP contribution in [-0.2, 0) is 19.6 Å². The van der Waals surface area contributed by atoms with Gasteiger partial charge in [0.2, 0.25) is 10.0 Å². The second-order valence-corrected chi connectivity index (χ2v) is 7.37. The zero-order valence-electron chi connectivity index (χ0n) is 13.1. The average molecular weight is 345 g/mol. The maximum atomic E-state index is 12.4. The zero-order valence-corrected chi connectivity index (χ0v) is 14.0. The number of nitrogens with one attached hydrogen (secondary N) is 1. The Hall–Kier alpha value is -1.45. The Bertz CT molecular complexity index is 622. The van der Waals surface area contributed by atoms with Crippen LogP contribution in [-0.4, -0.2) is 48.5 Å². The van der Waals surface area contributed by atoms with E-state index in [4.69, 9.17) is 9.84 Å². The van der Waals surface area contributed by atoms with E-state index in [-0.39, 0.29) is 17.4 Å². The van der Waals surface area contributed by atoms with Crippen LogP contribution in [0, 0.1) is 0 Å². The summed E-state index contributed by atoms with van der Waals surface area (Å²) in [5.41, 5.74) is 0. The molecule has 1 fully saturated rings. The summed E-state index contributed by atoms with van der Waals surface area (Å²) in [6.45, 7) is 3.18. The number of rotatable bonds is 8. The van der Waals surface area contributed by atoms with E-state index in [1.54, 1.807) is 4.68 Å². The number of sulfonamides is 1. The highest BCUT2D eigenvalue weighted by atomic mass is 32.2. The second-order valence-electron chi connectivity index (χ2n) is 5.65. The lowest BCUT2D eigenvalue weighted by atomic mass is 10.1. The fourth-order valence-electron chi connectivity index (χ4n) is 2.51. The van der Waals surface area contributed by atoms with Crippen molar-refractivity contribution in [3.05, 3.63) is 12.4 Å². The average Bonchev–Trinajstić information content (AvgIpc) is 3.03. The van der Waals surface area contributed by atoms with Crippen molar-refractivity contribution in [2.24, 2.45) is 0 Å². The number of carboxylic acids is 1. The summed E-state index contributed by atoms with van der Waals surface area (Å²) in [5.74, 6) is -1.17. The molecule has 1 aliphatic heterocycles. The normalized spacial score (nSPS) is 18.0. The Kier molecular flexibility index (Phi) is 6.14. The molecule has 2 N–H and O–H groups in total. The van der Waals surface area contributed by atoms with Gasteiger partial charge in [-0.15, -0.1) is 0 Å². The number of carbonyl (C=O) groups is 1. The molecule has 1 atom stereocenters. The van der Waals surface area contributed by atoms with Crippen molar-refractivity contribution in [3.63, 3.8) is 0 Å². The first-order valence-corrected chi connectivity index (χ1v) is 9.29. The minimum absolute atomic E-state index is 0.00765. The molecule has 1 aliphatic rings. The topological polar surface area (TPSA) is 111 Å². The Morgan fingerprint density at radius 2 is 2.22 bits per heavy atom. The van der Waals surface area contributed by atoms with Gasteiger partial charge in [0, 0.05) is 19.4 Å². The summed E-state index contributed by atoms with van der Waals surface area (Å²) in [4.78, 5) is 11.2. The van der Waals surface area contributed by atoms with Crippen molar-refractivity contribution >= 4 is 16.0 Å². The molecule has 9 heteroatoms. The fourth-order valence-corrected chi connectivity index (χ4v) is 3.67. The molecule has 0 aromatic carbocycles. The van der Waals surface area contributed by atoms with Crippen molar-refractivity contribution in [2.75, 3.05) is 13.2 Å². The molecule has 1 unspecified atom stereocenters. The summed E-state index contributed by atoms with van der Waals surface area (Å²) >= 11 is 0. The van der Waals surface area contributed by atoms with Crippen molar-refractivity contribution < 1.29 is 23.1 Å². The standard InChI is InChI=1S/C14H23N3O5S/c1-2-3-4-13(14(18)19)16-23(20,21)12-9-15-17(10-12)11-5-7-22-8-6-11/h9-11,13,16H,2-8H2,1H3,(H,18,19). The van der Waals surface area contributed by atoms with Gasteiger partial charge in [0.25, 0.3) is 0 Å². The Morgan fingerprint density at radius 3 is 2.83 bits per heavy atom. The number of hydrogen-bond acceptors (Lipinski definition) is 5. The number of ether oxygens (including phenoxy) is 1. The van der Waals surface area contributed by atoms with Crippen molar-refractivity contribution in [2.45, 2.75) is 56.0 Å². The van der Waals surface area contributed by atoms with Gasteiger partial charge in [0.05, 0.1) is 12.2 Å². The van der Waals surface area contributed by atoms with E-state index in [0.717, 1.165) is 19.3 Å². The van der Waals surface area contributed by atoms with Gasteiger partial charge in [-0.3, -0.25) is 9.48 Å². The van der Waals surface area contributed by atoms with Gasteiger partial charge in [0.15, 0.2) is 0 Å². The molecule has 0 amide bonds. The van der Waals surface area contributed by atoms with Crippen molar-refractivity contribution in [1.29, 1.82) is 0 Å². The summed E-state index contributed by atoms with van der Waals surface area (Å²) < 4.78 is 33.9. The van der Waals surface area contributed by atoms with Gasteiger partial charge < -0.3 is 9.84 Å². The first-order chi connectivity index (χ1) is 10.9. The summed E-state index contributed by atoms with van der Waals surface area (Å²) in [5, 5.41) is 13.3. The van der Waals surface area contributed by atoms with Crippen LogP contribution in [0.25, 0.3) is 0 Å². The lowest BCUT2D eigenvalue weighted by Crippen LogP contribution is -2.40. The fraction of sp³-hybridized carbons (Fsp3) is 0.714. The maximum absolute atomic E-state index is 12.4. The SMILES string of the molecule is CCCCC(NS(=O)(=O)c1cnn(C2CCOCC2)c1)C(=O)O. The summed E-state index contributed by atoms with van der Waals surface area (Å²) in [7, 11) is -3.90. The Morgan fingerprint density at radius 1 is 1.52 bits per heavy atom. The number of aliphatic carboxylic acids is 1. The molecule has 0 saturated carbocycles. The lowest BCUT2D eigenvalue weighted by Gasteiger charge is -2.22. The van der Waals surface area contributed by atoms with Gasteiger partial charge in [-0.2, -0.15) is 9.82 Å². The third kappa shape index (κ3) is 4.76. The van der Waals surface area contributed by atoms with E-state index in [0.29, 0.717) is 19.6 Å². The number of unbranched alkanes of at least 4 members (excludes halogenated alkanes) is 1. The van der Waals surface area contributed by atoms with Crippen LogP contribution in [0.3, 0.4) is 0 Å². The van der Waals surface area contributed by atoms with Crippen LogP contribution in [0.5, 0.6) is 0 Å². The predicted molar refractivity (Wildman–Crippen MR) is 82.6 cm³/mol. The highest BCUT2D eigenvalue weighted by Gasteiger charge is 2.27. The smallest absolute Gasteiger partial charge is 0.321 e. The van der Waals surface area contributed by atoms with Crippen molar-refractivity contribution in [3.8, 4) is 0 Å². The van der Waals surface area contributed by atoms with E-state index in [1.165, 1.54) is 12.4 Å². The highest BCUT2D eigenvalue weighted by molar-refractivity contribution is 7.89. The summed E-state index contributed by atoms with van der Waals surface area (Å²) in [6.07, 6.45) is 5.98. The molecule has 0 spiro atoms. The van der Waals surface area contributed by atoms with Crippen LogP contribution < -0.4 is 4.72 Å². The Labute approximate surface area is 135 Å². The number of nitrogens with zero attached hydrogens (tertiary/aromatic N) is 2. The van der Waals surface area contributed by atoms with E-state index in [2.05, 4.69) is 9.82 Å². The van der Waals surface area contributed by atoms with Crippen LogP contribution in [0.4, 0.5) is 0 Å². The van der Waals surface area contributed by atoms with E-state index in [9.17, 15) is 13.2 Å². The lowest BCUT2D eigenvalue weighted by molar-refractivity contribution is -0.139. The maximum Gasteiger partial charge on any atom is 0.321 e. The molecular formula is C14H23N3O5S. The highest BCUT2D eigenvalue weighted by Crippen LogP contribution is 2.21. The molecule has 2 rings (SSSR count). The van der Waals surface area contributed by atoms with Crippen LogP contribution >= 0.6 is 0 Å². The molecule has 2 heterocycles. The molecule has 1 saturated heterocycles. The Balaban J connectivity index is 2.09. The van der Waals surface area contributed by atoms with Gasteiger partial charge in [-0.25, -0.2) is 8.42 Å². The first kappa shape index (κ1) is 17.9. The van der Waals surface area contributed by atoms with Crippen molar-refractivity contribution in [1.82, 2.24) is 14.5 Å². The molecule has 23 heavy (non-hydrogen) atoms. The molecule has 1 aromatic rings. The van der Waals surface area contributed by atoms with Gasteiger partial charge >= 0.3 is 5.97 Å². The summed E-state index contributed by atoms with van der Waals surface area (Å²) in [6, 6.07) is -1.01. The number of carboxylic acid groups (broad SMARTS) is 1. The second kappa shape index (κ2) is 7.89. The zero-order chi connectivity index (χ0) is 16.9. The minimum Gasteiger partial charge on any atom is -0.480 e. The molecule has 0 radical (unpaired) electrons. The molecule has 130 valence electrons. The largest absolute Gasteiger partial charge is 0.480 e. The third-order valence-corrected chi connectivity index (χ3v) is 5.32.